The highest BCUT2D eigenvalue weighted by Crippen LogP contribution is 2.20. The highest BCUT2D eigenvalue weighted by atomic mass is 32.1. The van der Waals surface area contributed by atoms with Crippen molar-refractivity contribution in [1.82, 2.24) is 19.6 Å². The molecule has 1 aliphatic rings. The molecule has 1 fully saturated rings. The largest absolute Gasteiger partial charge is 0.354 e. The van der Waals surface area contributed by atoms with Crippen LogP contribution in [0.4, 0.5) is 0 Å². The van der Waals surface area contributed by atoms with Crippen molar-refractivity contribution in [2.75, 3.05) is 13.1 Å². The molecule has 0 radical (unpaired) electrons. The molecule has 0 bridgehead atoms. The molecule has 0 saturated carbocycles. The van der Waals surface area contributed by atoms with Gasteiger partial charge < -0.3 is 5.32 Å². The Morgan fingerprint density at radius 3 is 3.00 bits per heavy atom. The molecule has 3 aromatic rings. The summed E-state index contributed by atoms with van der Waals surface area (Å²) in [4.78, 5) is 20.6. The summed E-state index contributed by atoms with van der Waals surface area (Å²) in [6.45, 7) is 2.47. The van der Waals surface area contributed by atoms with Crippen molar-refractivity contribution in [2.24, 2.45) is 0 Å². The van der Waals surface area contributed by atoms with E-state index >= 15 is 0 Å². The number of amides is 1. The number of benzene rings is 1. The van der Waals surface area contributed by atoms with Crippen LogP contribution in [-0.2, 0) is 17.8 Å². The Kier molecular flexibility index (Phi) is 5.32. The van der Waals surface area contributed by atoms with Gasteiger partial charge in [0, 0.05) is 37.3 Å². The first-order valence-corrected chi connectivity index (χ1v) is 10.1. The predicted octanol–water partition coefficient (Wildman–Crippen LogP) is 3.11. The first-order chi connectivity index (χ1) is 12.8. The number of piperidine rings is 1. The molecule has 1 saturated heterocycles. The summed E-state index contributed by atoms with van der Waals surface area (Å²) >= 11 is 1.63. The smallest absolute Gasteiger partial charge is 0.237 e. The van der Waals surface area contributed by atoms with Crippen molar-refractivity contribution >= 4 is 22.2 Å². The molecule has 136 valence electrons. The highest BCUT2D eigenvalue weighted by molar-refractivity contribution is 7.15. The molecular formula is C20H24N4OS. The zero-order chi connectivity index (χ0) is 17.8. The molecule has 0 spiro atoms. The van der Waals surface area contributed by atoms with E-state index in [0.717, 1.165) is 43.0 Å². The second-order valence-corrected chi connectivity index (χ2v) is 7.71. The van der Waals surface area contributed by atoms with E-state index in [0.29, 0.717) is 6.54 Å². The van der Waals surface area contributed by atoms with Crippen LogP contribution in [0.1, 0.15) is 30.5 Å². The standard InChI is InChI=1S/C20H24N4OS/c25-19(21-10-9-17-15-24-12-13-26-20(24)22-17)18-8-4-5-11-23(18)14-16-6-2-1-3-7-16/h1-3,6-7,12-13,15,18H,4-5,8-11,14H2,(H,21,25)/t18-/m0/s1. The van der Waals surface area contributed by atoms with E-state index in [2.05, 4.69) is 39.5 Å². The van der Waals surface area contributed by atoms with Crippen molar-refractivity contribution in [3.05, 3.63) is 59.4 Å². The maximum absolute atomic E-state index is 12.7. The minimum Gasteiger partial charge on any atom is -0.354 e. The van der Waals surface area contributed by atoms with Crippen molar-refractivity contribution in [3.63, 3.8) is 0 Å². The number of likely N-dealkylation sites (tertiary alicyclic amines) is 1. The first-order valence-electron chi connectivity index (χ1n) is 9.26. The van der Waals surface area contributed by atoms with Crippen molar-refractivity contribution in [3.8, 4) is 0 Å². The van der Waals surface area contributed by atoms with E-state index in [4.69, 9.17) is 0 Å². The van der Waals surface area contributed by atoms with Crippen LogP contribution in [-0.4, -0.2) is 39.3 Å². The van der Waals surface area contributed by atoms with Gasteiger partial charge in [-0.05, 0) is 24.9 Å². The summed E-state index contributed by atoms with van der Waals surface area (Å²) in [5.74, 6) is 0.154. The van der Waals surface area contributed by atoms with Gasteiger partial charge in [0.25, 0.3) is 0 Å². The zero-order valence-electron chi connectivity index (χ0n) is 14.8. The van der Waals surface area contributed by atoms with Gasteiger partial charge in [0.2, 0.25) is 5.91 Å². The summed E-state index contributed by atoms with van der Waals surface area (Å²) < 4.78 is 2.03. The van der Waals surface area contributed by atoms with Crippen LogP contribution in [0.5, 0.6) is 0 Å². The maximum Gasteiger partial charge on any atom is 0.237 e. The Labute approximate surface area is 157 Å². The van der Waals surface area contributed by atoms with Gasteiger partial charge in [-0.15, -0.1) is 11.3 Å². The van der Waals surface area contributed by atoms with Gasteiger partial charge in [-0.25, -0.2) is 4.98 Å². The van der Waals surface area contributed by atoms with E-state index in [1.165, 1.54) is 12.0 Å². The molecular weight excluding hydrogens is 344 g/mol. The lowest BCUT2D eigenvalue weighted by Crippen LogP contribution is -2.49. The van der Waals surface area contributed by atoms with Gasteiger partial charge >= 0.3 is 0 Å². The fourth-order valence-electron chi connectivity index (χ4n) is 3.62. The SMILES string of the molecule is O=C(NCCc1cn2ccsc2n1)[C@@H]1CCCCN1Cc1ccccc1. The molecule has 4 rings (SSSR count). The molecule has 1 atom stereocenters. The van der Waals surface area contributed by atoms with Gasteiger partial charge in [-0.1, -0.05) is 36.8 Å². The van der Waals surface area contributed by atoms with Gasteiger partial charge in [-0.2, -0.15) is 0 Å². The summed E-state index contributed by atoms with van der Waals surface area (Å²) in [6.07, 6.45) is 8.06. The van der Waals surface area contributed by atoms with Gasteiger partial charge in [0.1, 0.15) is 0 Å². The number of nitrogens with zero attached hydrogens (tertiary/aromatic N) is 3. The predicted molar refractivity (Wildman–Crippen MR) is 104 cm³/mol. The first kappa shape index (κ1) is 17.2. The number of aromatic nitrogens is 2. The van der Waals surface area contributed by atoms with Crippen LogP contribution in [0.25, 0.3) is 4.96 Å². The molecule has 1 aromatic carbocycles. The fraction of sp³-hybridized carbons (Fsp3) is 0.400. The number of hydrogen-bond donors (Lipinski definition) is 1. The van der Waals surface area contributed by atoms with Crippen LogP contribution in [0.3, 0.4) is 0 Å². The molecule has 26 heavy (non-hydrogen) atoms. The van der Waals surface area contributed by atoms with E-state index in [1.807, 2.05) is 28.2 Å². The molecule has 0 unspecified atom stereocenters. The third kappa shape index (κ3) is 3.97. The second-order valence-electron chi connectivity index (χ2n) is 6.83. The van der Waals surface area contributed by atoms with Crippen molar-refractivity contribution in [1.29, 1.82) is 0 Å². The lowest BCUT2D eigenvalue weighted by molar-refractivity contribution is -0.127. The van der Waals surface area contributed by atoms with Crippen LogP contribution < -0.4 is 5.32 Å². The van der Waals surface area contributed by atoms with E-state index in [-0.39, 0.29) is 11.9 Å². The number of imidazole rings is 1. The molecule has 0 aliphatic carbocycles. The van der Waals surface area contributed by atoms with Crippen LogP contribution in [0.2, 0.25) is 0 Å². The average Bonchev–Trinajstić information content (AvgIpc) is 3.25. The van der Waals surface area contributed by atoms with Crippen LogP contribution in [0.15, 0.2) is 48.1 Å². The molecule has 6 heteroatoms. The van der Waals surface area contributed by atoms with Crippen LogP contribution in [0, 0.1) is 0 Å². The lowest BCUT2D eigenvalue weighted by atomic mass is 10.0. The molecule has 3 heterocycles. The minimum atomic E-state index is -0.0190. The number of carbonyl (C=O) groups excluding carboxylic acids is 1. The summed E-state index contributed by atoms with van der Waals surface area (Å²) in [6, 6.07) is 10.4. The normalized spacial score (nSPS) is 18.2. The van der Waals surface area contributed by atoms with Gasteiger partial charge in [-0.3, -0.25) is 14.1 Å². The number of thiazole rings is 1. The monoisotopic (exact) mass is 368 g/mol. The summed E-state index contributed by atoms with van der Waals surface area (Å²) in [5.41, 5.74) is 2.30. The maximum atomic E-state index is 12.7. The van der Waals surface area contributed by atoms with Gasteiger partial charge in [0.15, 0.2) is 4.96 Å². The quantitative estimate of drug-likeness (QED) is 0.727. The Bertz CT molecular complexity index is 828. The Morgan fingerprint density at radius 2 is 2.15 bits per heavy atom. The number of carbonyl (C=O) groups is 1. The number of rotatable bonds is 6. The van der Waals surface area contributed by atoms with E-state index in [9.17, 15) is 4.79 Å². The second kappa shape index (κ2) is 8.01. The Morgan fingerprint density at radius 1 is 1.27 bits per heavy atom. The topological polar surface area (TPSA) is 49.6 Å². The van der Waals surface area contributed by atoms with Crippen molar-refractivity contribution < 1.29 is 4.79 Å². The summed E-state index contributed by atoms with van der Waals surface area (Å²) in [7, 11) is 0. The molecule has 1 aliphatic heterocycles. The number of fused-ring (bicyclic) bond motifs is 1. The number of hydrogen-bond acceptors (Lipinski definition) is 4. The average molecular weight is 369 g/mol. The fourth-order valence-corrected chi connectivity index (χ4v) is 4.34. The minimum absolute atomic E-state index is 0.0190. The highest BCUT2D eigenvalue weighted by Gasteiger charge is 2.28. The van der Waals surface area contributed by atoms with E-state index < -0.39 is 0 Å². The van der Waals surface area contributed by atoms with E-state index in [1.54, 1.807) is 11.3 Å². The zero-order valence-corrected chi connectivity index (χ0v) is 15.6. The third-order valence-corrected chi connectivity index (χ3v) is 5.74. The Hall–Kier alpha value is -2.18. The molecule has 2 aromatic heterocycles. The van der Waals surface area contributed by atoms with Crippen LogP contribution >= 0.6 is 11.3 Å². The summed E-state index contributed by atoms with van der Waals surface area (Å²) in [5, 5.41) is 5.15. The molecule has 5 nitrogen and oxygen atoms in total. The van der Waals surface area contributed by atoms with Gasteiger partial charge in [0.05, 0.1) is 11.7 Å². The number of nitrogens with one attached hydrogen (secondary N) is 1. The third-order valence-electron chi connectivity index (χ3n) is 4.97. The molecule has 1 N–H and O–H groups in total. The Balaban J connectivity index is 1.32. The molecule has 1 amide bonds. The van der Waals surface area contributed by atoms with Crippen molar-refractivity contribution in [2.45, 2.75) is 38.3 Å². The lowest BCUT2D eigenvalue weighted by Gasteiger charge is -2.34.